The fraction of sp³-hybridized carbons (Fsp3) is 0.207. The van der Waals surface area contributed by atoms with E-state index in [4.69, 9.17) is 0 Å². The van der Waals surface area contributed by atoms with Gasteiger partial charge in [-0.05, 0) is 86.3 Å². The smallest absolute Gasteiger partial charge is 0.244 e. The zero-order valence-corrected chi connectivity index (χ0v) is 22.0. The van der Waals surface area contributed by atoms with Gasteiger partial charge in [-0.3, -0.25) is 9.59 Å². The van der Waals surface area contributed by atoms with Crippen LogP contribution in [0.2, 0.25) is 0 Å². The maximum Gasteiger partial charge on any atom is 0.244 e. The van der Waals surface area contributed by atoms with E-state index in [-0.39, 0.29) is 24.2 Å². The lowest BCUT2D eigenvalue weighted by molar-refractivity contribution is -0.117. The molecule has 0 bridgehead atoms. The highest BCUT2D eigenvalue weighted by Crippen LogP contribution is 2.30. The fourth-order valence-electron chi connectivity index (χ4n) is 3.82. The summed E-state index contributed by atoms with van der Waals surface area (Å²) >= 11 is 1.26. The number of benzene rings is 3. The number of nitrogens with zero attached hydrogens (tertiary/aromatic N) is 2. The van der Waals surface area contributed by atoms with E-state index in [1.165, 1.54) is 23.9 Å². The number of aryl methyl sites for hydroxylation is 3. The Hall–Kier alpha value is -3.91. The highest BCUT2D eigenvalue weighted by Gasteiger charge is 2.22. The van der Waals surface area contributed by atoms with Gasteiger partial charge in [-0.15, -0.1) is 0 Å². The number of nitrogens with one attached hydrogen (secondary N) is 2. The number of aromatic nitrogens is 2. The molecule has 37 heavy (non-hydrogen) atoms. The number of imidazole rings is 1. The topological polar surface area (TPSA) is 76.0 Å². The maximum atomic E-state index is 13.6. The van der Waals surface area contributed by atoms with E-state index in [1.54, 1.807) is 29.8 Å². The van der Waals surface area contributed by atoms with Crippen LogP contribution in [-0.4, -0.2) is 26.6 Å². The third kappa shape index (κ3) is 6.46. The quantitative estimate of drug-likeness (QED) is 0.267. The predicted octanol–water partition coefficient (Wildman–Crippen LogP) is 6.37. The van der Waals surface area contributed by atoms with Crippen LogP contribution in [0, 0.1) is 26.6 Å². The summed E-state index contributed by atoms with van der Waals surface area (Å²) in [6.07, 6.45) is 1.65. The molecule has 190 valence electrons. The molecule has 6 nitrogen and oxygen atoms in total. The first kappa shape index (κ1) is 26.2. The van der Waals surface area contributed by atoms with Gasteiger partial charge in [-0.1, -0.05) is 42.1 Å². The molecule has 0 spiro atoms. The average Bonchev–Trinajstić information content (AvgIpc) is 3.24. The molecule has 1 atom stereocenters. The third-order valence-electron chi connectivity index (χ3n) is 5.98. The van der Waals surface area contributed by atoms with Gasteiger partial charge in [0.05, 0.1) is 17.1 Å². The fourth-order valence-corrected chi connectivity index (χ4v) is 4.71. The first-order valence-corrected chi connectivity index (χ1v) is 12.8. The van der Waals surface area contributed by atoms with Crippen molar-refractivity contribution in [3.63, 3.8) is 0 Å². The van der Waals surface area contributed by atoms with Crippen LogP contribution >= 0.6 is 11.8 Å². The molecular formula is C29H29FN4O2S. The van der Waals surface area contributed by atoms with Crippen molar-refractivity contribution in [1.82, 2.24) is 9.55 Å². The van der Waals surface area contributed by atoms with Crippen LogP contribution in [0.25, 0.3) is 11.3 Å². The van der Waals surface area contributed by atoms with Gasteiger partial charge in [-0.2, -0.15) is 0 Å². The van der Waals surface area contributed by atoms with Crippen molar-refractivity contribution in [2.24, 2.45) is 0 Å². The van der Waals surface area contributed by atoms with Crippen molar-refractivity contribution in [2.75, 3.05) is 10.6 Å². The first-order valence-electron chi connectivity index (χ1n) is 11.9. The number of hydrogen-bond acceptors (Lipinski definition) is 4. The highest BCUT2D eigenvalue weighted by molar-refractivity contribution is 8.00. The zero-order valence-electron chi connectivity index (χ0n) is 21.2. The van der Waals surface area contributed by atoms with Crippen molar-refractivity contribution in [3.8, 4) is 11.3 Å². The van der Waals surface area contributed by atoms with Crippen molar-refractivity contribution in [1.29, 1.82) is 0 Å². The summed E-state index contributed by atoms with van der Waals surface area (Å²) in [5.74, 6) is -0.746. The molecule has 3 aromatic carbocycles. The molecule has 1 heterocycles. The molecule has 0 fully saturated rings. The number of halogens is 1. The van der Waals surface area contributed by atoms with Crippen LogP contribution in [0.1, 0.15) is 23.6 Å². The maximum absolute atomic E-state index is 13.6. The molecule has 0 radical (unpaired) electrons. The Morgan fingerprint density at radius 3 is 2.38 bits per heavy atom. The van der Waals surface area contributed by atoms with Gasteiger partial charge in [-0.25, -0.2) is 9.37 Å². The van der Waals surface area contributed by atoms with Crippen LogP contribution in [0.4, 0.5) is 15.8 Å². The van der Waals surface area contributed by atoms with E-state index in [9.17, 15) is 14.0 Å². The number of thioether (sulfide) groups is 1. The molecule has 0 aliphatic rings. The number of carbonyl (C=O) groups excluding carboxylic acids is 2. The number of rotatable bonds is 8. The minimum Gasteiger partial charge on any atom is -0.325 e. The Balaban J connectivity index is 1.59. The standard InChI is InChI=1S/C29H29FN4O2S/c1-18-9-10-20(3)25(15-18)32-27(35)17-34-26(22-11-13-23(30)14-12-22)16-31-29(34)37-21(4)28(36)33-24-8-6-5-7-19(24)2/h5-16,21H,17H2,1-4H3,(H,32,35)(H,33,36)/t21-/m0/s1. The van der Waals surface area contributed by atoms with Gasteiger partial charge in [0.2, 0.25) is 11.8 Å². The van der Waals surface area contributed by atoms with E-state index in [1.807, 2.05) is 63.2 Å². The van der Waals surface area contributed by atoms with Gasteiger partial charge in [0.1, 0.15) is 12.4 Å². The summed E-state index contributed by atoms with van der Waals surface area (Å²) in [5.41, 5.74) is 5.84. The van der Waals surface area contributed by atoms with Crippen molar-refractivity contribution in [3.05, 3.63) is 95.4 Å². The van der Waals surface area contributed by atoms with Crippen LogP contribution in [0.15, 0.2) is 78.1 Å². The van der Waals surface area contributed by atoms with Gasteiger partial charge in [0.15, 0.2) is 5.16 Å². The molecule has 8 heteroatoms. The lowest BCUT2D eigenvalue weighted by atomic mass is 10.1. The van der Waals surface area contributed by atoms with Crippen LogP contribution in [0.3, 0.4) is 0 Å². The second-order valence-electron chi connectivity index (χ2n) is 8.95. The molecule has 0 aliphatic carbocycles. The largest absolute Gasteiger partial charge is 0.325 e. The normalized spacial score (nSPS) is 11.7. The Morgan fingerprint density at radius 1 is 0.946 bits per heavy atom. The number of para-hydroxylation sites is 1. The number of carbonyl (C=O) groups is 2. The number of hydrogen-bond donors (Lipinski definition) is 2. The van der Waals surface area contributed by atoms with Crippen LogP contribution in [-0.2, 0) is 16.1 Å². The van der Waals surface area contributed by atoms with E-state index in [0.717, 1.165) is 33.6 Å². The number of anilines is 2. The summed E-state index contributed by atoms with van der Waals surface area (Å²) in [7, 11) is 0. The molecule has 1 aromatic heterocycles. The van der Waals surface area contributed by atoms with Crippen LogP contribution < -0.4 is 10.6 Å². The minimum absolute atomic E-state index is 0.0193. The highest BCUT2D eigenvalue weighted by atomic mass is 32.2. The molecule has 0 saturated heterocycles. The van der Waals surface area contributed by atoms with E-state index in [0.29, 0.717) is 10.9 Å². The summed E-state index contributed by atoms with van der Waals surface area (Å²) in [6, 6.07) is 19.5. The third-order valence-corrected chi connectivity index (χ3v) is 7.09. The molecule has 0 aliphatic heterocycles. The molecule has 4 aromatic rings. The molecule has 0 saturated carbocycles. The predicted molar refractivity (Wildman–Crippen MR) is 147 cm³/mol. The second kappa shape index (κ2) is 11.4. The van der Waals surface area contributed by atoms with Gasteiger partial charge in [0.25, 0.3) is 0 Å². The molecule has 4 rings (SSSR count). The molecular weight excluding hydrogens is 487 g/mol. The zero-order chi connectivity index (χ0) is 26.5. The van der Waals surface area contributed by atoms with Crippen LogP contribution in [0.5, 0.6) is 0 Å². The lowest BCUT2D eigenvalue weighted by Crippen LogP contribution is -2.24. The average molecular weight is 517 g/mol. The lowest BCUT2D eigenvalue weighted by Gasteiger charge is -2.16. The number of amides is 2. The van der Waals surface area contributed by atoms with E-state index >= 15 is 0 Å². The first-order chi connectivity index (χ1) is 17.7. The molecule has 2 N–H and O–H groups in total. The monoisotopic (exact) mass is 516 g/mol. The van der Waals surface area contributed by atoms with Crippen molar-refractivity contribution < 1.29 is 14.0 Å². The SMILES string of the molecule is Cc1ccc(C)c(NC(=O)Cn2c(-c3ccc(F)cc3)cnc2S[C@@H](C)C(=O)Nc2ccccc2C)c1. The summed E-state index contributed by atoms with van der Waals surface area (Å²) in [5, 5.41) is 5.98. The van der Waals surface area contributed by atoms with Gasteiger partial charge < -0.3 is 15.2 Å². The van der Waals surface area contributed by atoms with Gasteiger partial charge >= 0.3 is 0 Å². The van der Waals surface area contributed by atoms with Crippen molar-refractivity contribution in [2.45, 2.75) is 44.6 Å². The summed E-state index contributed by atoms with van der Waals surface area (Å²) < 4.78 is 15.3. The Morgan fingerprint density at radius 2 is 1.65 bits per heavy atom. The Labute approximate surface area is 220 Å². The molecule has 2 amide bonds. The second-order valence-corrected chi connectivity index (χ2v) is 10.3. The van der Waals surface area contributed by atoms with Crippen molar-refractivity contribution >= 4 is 35.0 Å². The summed E-state index contributed by atoms with van der Waals surface area (Å²) in [4.78, 5) is 30.6. The summed E-state index contributed by atoms with van der Waals surface area (Å²) in [6.45, 7) is 7.62. The van der Waals surface area contributed by atoms with Gasteiger partial charge in [0, 0.05) is 11.4 Å². The Kier molecular flexibility index (Phi) is 8.08. The van der Waals surface area contributed by atoms with E-state index < -0.39 is 5.25 Å². The Bertz CT molecular complexity index is 1430. The minimum atomic E-state index is -0.482. The van der Waals surface area contributed by atoms with E-state index in [2.05, 4.69) is 15.6 Å². The molecule has 0 unspecified atom stereocenters.